The number of benzene rings is 3. The van der Waals surface area contributed by atoms with Crippen molar-refractivity contribution in [2.24, 2.45) is 0 Å². The molecule has 3 rings (SSSR count). The minimum atomic E-state index is -3.60. The summed E-state index contributed by atoms with van der Waals surface area (Å²) in [6, 6.07) is 21.4. The molecule has 3 aromatic carbocycles. The smallest absolute Gasteiger partial charge is 0.240 e. The number of hydrogen-bond acceptors (Lipinski definition) is 4. The number of hydrogen-bond donors (Lipinski definition) is 1. The predicted octanol–water partition coefficient (Wildman–Crippen LogP) is 3.07. The summed E-state index contributed by atoms with van der Waals surface area (Å²) in [6.07, 6.45) is 0. The largest absolute Gasteiger partial charge is 0.492 e. The number of rotatable bonds is 6. The molecule has 1 N–H and O–H groups in total. The van der Waals surface area contributed by atoms with Crippen molar-refractivity contribution >= 4 is 20.8 Å². The molecule has 0 aliphatic rings. The minimum absolute atomic E-state index is 0.131. The zero-order chi connectivity index (χ0) is 17.7. The summed E-state index contributed by atoms with van der Waals surface area (Å²) in [5.74, 6) is 0.531. The predicted molar refractivity (Wildman–Crippen MR) is 95.8 cm³/mol. The summed E-state index contributed by atoms with van der Waals surface area (Å²) >= 11 is 0. The van der Waals surface area contributed by atoms with E-state index < -0.39 is 10.0 Å². The Labute approximate surface area is 146 Å². The van der Waals surface area contributed by atoms with Crippen molar-refractivity contribution in [1.29, 1.82) is 5.26 Å². The molecule has 3 aromatic rings. The molecule has 0 atom stereocenters. The lowest BCUT2D eigenvalue weighted by Crippen LogP contribution is -2.28. The first-order chi connectivity index (χ1) is 12.1. The molecule has 6 heteroatoms. The Morgan fingerprint density at radius 3 is 2.56 bits per heavy atom. The molecule has 0 heterocycles. The highest BCUT2D eigenvalue weighted by Crippen LogP contribution is 2.18. The van der Waals surface area contributed by atoms with E-state index in [2.05, 4.69) is 4.72 Å². The quantitative estimate of drug-likeness (QED) is 0.692. The summed E-state index contributed by atoms with van der Waals surface area (Å²) in [6.45, 7) is 0.299. The van der Waals surface area contributed by atoms with Gasteiger partial charge in [0.1, 0.15) is 12.4 Å². The Hall–Kier alpha value is -2.88. The average molecular weight is 352 g/mol. The van der Waals surface area contributed by atoms with E-state index >= 15 is 0 Å². The van der Waals surface area contributed by atoms with Crippen LogP contribution in [0.25, 0.3) is 10.8 Å². The number of sulfonamides is 1. The van der Waals surface area contributed by atoms with Gasteiger partial charge in [-0.3, -0.25) is 0 Å². The Bertz CT molecular complexity index is 1040. The van der Waals surface area contributed by atoms with E-state index in [1.807, 2.05) is 30.3 Å². The van der Waals surface area contributed by atoms with Crippen molar-refractivity contribution in [1.82, 2.24) is 4.72 Å². The topological polar surface area (TPSA) is 79.2 Å². The van der Waals surface area contributed by atoms with Crippen molar-refractivity contribution in [3.05, 3.63) is 72.3 Å². The summed E-state index contributed by atoms with van der Waals surface area (Å²) in [5, 5.41) is 10.7. The van der Waals surface area contributed by atoms with E-state index in [4.69, 9.17) is 10.00 Å². The summed E-state index contributed by atoms with van der Waals surface area (Å²) in [5.41, 5.74) is 0.495. The second-order valence-corrected chi connectivity index (χ2v) is 7.16. The Morgan fingerprint density at radius 1 is 0.960 bits per heavy atom. The van der Waals surface area contributed by atoms with Crippen LogP contribution in [0.4, 0.5) is 0 Å². The van der Waals surface area contributed by atoms with Crippen molar-refractivity contribution in [3.8, 4) is 11.8 Å². The van der Waals surface area contributed by atoms with E-state index in [1.54, 1.807) is 42.5 Å². The van der Waals surface area contributed by atoms with Crippen molar-refractivity contribution in [3.63, 3.8) is 0 Å². The zero-order valence-electron chi connectivity index (χ0n) is 13.3. The van der Waals surface area contributed by atoms with Gasteiger partial charge in [0.25, 0.3) is 0 Å². The van der Waals surface area contributed by atoms with Crippen molar-refractivity contribution < 1.29 is 13.2 Å². The van der Waals surface area contributed by atoms with E-state index in [9.17, 15) is 8.42 Å². The maximum atomic E-state index is 12.4. The maximum absolute atomic E-state index is 12.4. The van der Waals surface area contributed by atoms with Crippen LogP contribution in [-0.4, -0.2) is 21.6 Å². The third-order valence-corrected chi connectivity index (χ3v) is 5.12. The standard InChI is InChI=1S/C19H16N2O3S/c20-14-15-4-3-7-18(12-15)24-11-10-21-25(22,23)19-9-8-16-5-1-2-6-17(16)13-19/h1-9,12-13,21H,10-11H2. The fourth-order valence-corrected chi connectivity index (χ4v) is 3.47. The van der Waals surface area contributed by atoms with Gasteiger partial charge in [-0.25, -0.2) is 13.1 Å². The van der Waals surface area contributed by atoms with Gasteiger partial charge in [-0.2, -0.15) is 5.26 Å². The SMILES string of the molecule is N#Cc1cccc(OCCNS(=O)(=O)c2ccc3ccccc3c2)c1. The van der Waals surface area contributed by atoms with Gasteiger partial charge in [0.15, 0.2) is 0 Å². The van der Waals surface area contributed by atoms with Gasteiger partial charge in [0.2, 0.25) is 10.0 Å². The molecule has 0 bridgehead atoms. The normalized spacial score (nSPS) is 11.2. The number of nitrogens with one attached hydrogen (secondary N) is 1. The molecule has 0 aliphatic carbocycles. The number of nitrogens with zero attached hydrogens (tertiary/aromatic N) is 1. The van der Waals surface area contributed by atoms with Crippen molar-refractivity contribution in [2.45, 2.75) is 4.90 Å². The third kappa shape index (κ3) is 4.15. The maximum Gasteiger partial charge on any atom is 0.240 e. The van der Waals surface area contributed by atoms with Gasteiger partial charge in [0.05, 0.1) is 16.5 Å². The molecule has 0 unspecified atom stereocenters. The van der Waals surface area contributed by atoms with Crippen LogP contribution in [0.5, 0.6) is 5.75 Å². The first-order valence-electron chi connectivity index (χ1n) is 7.70. The molecule has 25 heavy (non-hydrogen) atoms. The molecule has 0 fully saturated rings. The van der Waals surface area contributed by atoms with E-state index in [0.29, 0.717) is 11.3 Å². The Kier molecular flexibility index (Phi) is 4.98. The second kappa shape index (κ2) is 7.34. The number of nitriles is 1. The zero-order valence-corrected chi connectivity index (χ0v) is 14.2. The van der Waals surface area contributed by atoms with Crippen LogP contribution in [0, 0.1) is 11.3 Å². The molecule has 0 aromatic heterocycles. The van der Waals surface area contributed by atoms with Crippen LogP contribution in [0.3, 0.4) is 0 Å². The summed E-state index contributed by atoms with van der Waals surface area (Å²) < 4.78 is 32.7. The average Bonchev–Trinajstić information content (AvgIpc) is 2.65. The highest BCUT2D eigenvalue weighted by Gasteiger charge is 2.13. The molecule has 0 radical (unpaired) electrons. The summed E-state index contributed by atoms with van der Waals surface area (Å²) in [7, 11) is -3.60. The fraction of sp³-hybridized carbons (Fsp3) is 0.105. The third-order valence-electron chi connectivity index (χ3n) is 3.66. The van der Waals surface area contributed by atoms with Gasteiger partial charge in [0, 0.05) is 6.54 Å². The molecule has 0 amide bonds. The van der Waals surface area contributed by atoms with Crippen molar-refractivity contribution in [2.75, 3.05) is 13.2 Å². The van der Waals surface area contributed by atoms with Crippen LogP contribution in [-0.2, 0) is 10.0 Å². The number of ether oxygens (including phenoxy) is 1. The van der Waals surface area contributed by atoms with E-state index in [0.717, 1.165) is 10.8 Å². The Balaban J connectivity index is 1.62. The van der Waals surface area contributed by atoms with Gasteiger partial charge in [-0.05, 0) is 41.1 Å². The molecule has 126 valence electrons. The monoisotopic (exact) mass is 352 g/mol. The molecule has 0 saturated heterocycles. The number of fused-ring (bicyclic) bond motifs is 1. The van der Waals surface area contributed by atoms with Crippen LogP contribution in [0.1, 0.15) is 5.56 Å². The van der Waals surface area contributed by atoms with Gasteiger partial charge >= 0.3 is 0 Å². The van der Waals surface area contributed by atoms with Crippen LogP contribution in [0.2, 0.25) is 0 Å². The van der Waals surface area contributed by atoms with Crippen LogP contribution >= 0.6 is 0 Å². The minimum Gasteiger partial charge on any atom is -0.492 e. The molecule has 5 nitrogen and oxygen atoms in total. The second-order valence-electron chi connectivity index (χ2n) is 5.39. The molecule has 0 saturated carbocycles. The van der Waals surface area contributed by atoms with Gasteiger partial charge in [-0.1, -0.05) is 36.4 Å². The molecular formula is C19H16N2O3S. The highest BCUT2D eigenvalue weighted by molar-refractivity contribution is 7.89. The van der Waals surface area contributed by atoms with Gasteiger partial charge < -0.3 is 4.74 Å². The van der Waals surface area contributed by atoms with E-state index in [-0.39, 0.29) is 18.0 Å². The van der Waals surface area contributed by atoms with Crippen LogP contribution in [0.15, 0.2) is 71.6 Å². The molecule has 0 spiro atoms. The Morgan fingerprint density at radius 2 is 1.76 bits per heavy atom. The van der Waals surface area contributed by atoms with Crippen LogP contribution < -0.4 is 9.46 Å². The molecule has 0 aliphatic heterocycles. The lowest BCUT2D eigenvalue weighted by Gasteiger charge is -2.09. The highest BCUT2D eigenvalue weighted by atomic mass is 32.2. The lowest BCUT2D eigenvalue weighted by atomic mass is 10.1. The van der Waals surface area contributed by atoms with Gasteiger partial charge in [-0.15, -0.1) is 0 Å². The fourth-order valence-electron chi connectivity index (χ4n) is 2.42. The summed E-state index contributed by atoms with van der Waals surface area (Å²) in [4.78, 5) is 0.220. The lowest BCUT2D eigenvalue weighted by molar-refractivity contribution is 0.323. The first-order valence-corrected chi connectivity index (χ1v) is 9.18. The van der Waals surface area contributed by atoms with E-state index in [1.165, 1.54) is 0 Å². The first kappa shape index (κ1) is 17.0. The molecular weight excluding hydrogens is 336 g/mol.